The molecule has 0 aliphatic heterocycles. The van der Waals surface area contributed by atoms with E-state index in [4.69, 9.17) is 4.74 Å². The van der Waals surface area contributed by atoms with E-state index in [2.05, 4.69) is 42.3 Å². The molecular formula is C14H20N2OS. The van der Waals surface area contributed by atoms with Crippen LogP contribution in [-0.2, 0) is 4.74 Å². The van der Waals surface area contributed by atoms with Crippen molar-refractivity contribution in [1.29, 1.82) is 0 Å². The Morgan fingerprint density at radius 3 is 2.94 bits per heavy atom. The number of rotatable bonds is 6. The summed E-state index contributed by atoms with van der Waals surface area (Å²) in [5.74, 6) is 0. The van der Waals surface area contributed by atoms with Crippen molar-refractivity contribution in [2.24, 2.45) is 0 Å². The molecule has 18 heavy (non-hydrogen) atoms. The molecule has 0 amide bonds. The van der Waals surface area contributed by atoms with Crippen LogP contribution in [0, 0.1) is 6.92 Å². The number of benzene rings is 1. The monoisotopic (exact) mass is 264 g/mol. The van der Waals surface area contributed by atoms with Crippen LogP contribution in [0.5, 0.6) is 0 Å². The first-order valence-electron chi connectivity index (χ1n) is 6.36. The van der Waals surface area contributed by atoms with Gasteiger partial charge in [-0.05, 0) is 25.0 Å². The van der Waals surface area contributed by atoms with Crippen LogP contribution < -0.4 is 5.32 Å². The molecule has 2 rings (SSSR count). The number of methoxy groups -OCH3 is 1. The van der Waals surface area contributed by atoms with Gasteiger partial charge in [0.2, 0.25) is 0 Å². The van der Waals surface area contributed by atoms with Crippen molar-refractivity contribution in [1.82, 2.24) is 4.98 Å². The van der Waals surface area contributed by atoms with Gasteiger partial charge in [-0.15, -0.1) is 0 Å². The third kappa shape index (κ3) is 3.00. The largest absolute Gasteiger partial charge is 0.383 e. The minimum absolute atomic E-state index is 0.348. The molecule has 0 saturated heterocycles. The first kappa shape index (κ1) is 13.3. The minimum atomic E-state index is 0.348. The van der Waals surface area contributed by atoms with Crippen molar-refractivity contribution in [3.05, 3.63) is 23.8 Å². The third-order valence-corrected chi connectivity index (χ3v) is 3.91. The molecule has 1 aromatic carbocycles. The molecule has 0 fully saturated rings. The number of fused-ring (bicyclic) bond motifs is 1. The second-order valence-corrected chi connectivity index (χ2v) is 5.56. The zero-order valence-corrected chi connectivity index (χ0v) is 12.0. The molecule has 1 unspecified atom stereocenters. The van der Waals surface area contributed by atoms with Crippen LogP contribution in [0.2, 0.25) is 0 Å². The number of hydrogen-bond donors (Lipinski definition) is 1. The van der Waals surface area contributed by atoms with Crippen LogP contribution in [0.25, 0.3) is 10.2 Å². The molecule has 0 saturated carbocycles. The molecule has 1 atom stereocenters. The lowest BCUT2D eigenvalue weighted by Crippen LogP contribution is -2.24. The highest BCUT2D eigenvalue weighted by Gasteiger charge is 2.11. The topological polar surface area (TPSA) is 34.1 Å². The zero-order valence-electron chi connectivity index (χ0n) is 11.2. The van der Waals surface area contributed by atoms with E-state index in [0.717, 1.165) is 30.1 Å². The Morgan fingerprint density at radius 1 is 1.44 bits per heavy atom. The Labute approximate surface area is 112 Å². The number of ether oxygens (including phenoxy) is 1. The van der Waals surface area contributed by atoms with Crippen LogP contribution in [0.4, 0.5) is 5.13 Å². The summed E-state index contributed by atoms with van der Waals surface area (Å²) in [6.07, 6.45) is 2.24. The van der Waals surface area contributed by atoms with E-state index in [1.54, 1.807) is 18.4 Å². The fourth-order valence-electron chi connectivity index (χ4n) is 2.07. The maximum Gasteiger partial charge on any atom is 0.184 e. The van der Waals surface area contributed by atoms with E-state index in [1.165, 1.54) is 10.3 Å². The number of hydrogen-bond acceptors (Lipinski definition) is 4. The molecule has 0 bridgehead atoms. The van der Waals surface area contributed by atoms with E-state index < -0.39 is 0 Å². The number of thiazole rings is 1. The first-order valence-corrected chi connectivity index (χ1v) is 7.18. The Balaban J connectivity index is 2.17. The number of nitrogens with zero attached hydrogens (tertiary/aromatic N) is 1. The van der Waals surface area contributed by atoms with Gasteiger partial charge in [0.15, 0.2) is 5.13 Å². The molecule has 1 heterocycles. The van der Waals surface area contributed by atoms with Gasteiger partial charge >= 0.3 is 0 Å². The van der Waals surface area contributed by atoms with E-state index in [0.29, 0.717) is 6.04 Å². The average Bonchev–Trinajstić information content (AvgIpc) is 2.74. The smallest absolute Gasteiger partial charge is 0.184 e. The molecule has 1 aromatic heterocycles. The molecule has 3 nitrogen and oxygen atoms in total. The van der Waals surface area contributed by atoms with Crippen LogP contribution in [-0.4, -0.2) is 24.7 Å². The van der Waals surface area contributed by atoms with Gasteiger partial charge in [-0.2, -0.15) is 0 Å². The third-order valence-electron chi connectivity index (χ3n) is 2.95. The van der Waals surface area contributed by atoms with Crippen molar-refractivity contribution in [3.8, 4) is 0 Å². The van der Waals surface area contributed by atoms with Gasteiger partial charge in [0, 0.05) is 7.11 Å². The van der Waals surface area contributed by atoms with Gasteiger partial charge in [-0.25, -0.2) is 4.98 Å². The zero-order chi connectivity index (χ0) is 13.0. The molecular weight excluding hydrogens is 244 g/mol. The van der Waals surface area contributed by atoms with Gasteiger partial charge < -0.3 is 10.1 Å². The number of para-hydroxylation sites is 1. The van der Waals surface area contributed by atoms with E-state index in [1.807, 2.05) is 0 Å². The summed E-state index contributed by atoms with van der Waals surface area (Å²) in [7, 11) is 1.74. The van der Waals surface area contributed by atoms with Gasteiger partial charge in [-0.3, -0.25) is 0 Å². The Morgan fingerprint density at radius 2 is 2.28 bits per heavy atom. The molecule has 0 radical (unpaired) electrons. The summed E-state index contributed by atoms with van der Waals surface area (Å²) in [5.41, 5.74) is 2.34. The standard InChI is InChI=1S/C14H20N2OS/c1-4-6-11(9-17-3)15-14-16-13-10(2)7-5-8-12(13)18-14/h5,7-8,11H,4,6,9H2,1-3H3,(H,15,16). The Hall–Kier alpha value is -1.13. The van der Waals surface area contributed by atoms with Crippen LogP contribution >= 0.6 is 11.3 Å². The molecule has 1 N–H and O–H groups in total. The number of aromatic nitrogens is 1. The summed E-state index contributed by atoms with van der Waals surface area (Å²) in [5, 5.41) is 4.48. The highest BCUT2D eigenvalue weighted by molar-refractivity contribution is 7.22. The van der Waals surface area contributed by atoms with Crippen LogP contribution in [0.15, 0.2) is 18.2 Å². The van der Waals surface area contributed by atoms with Crippen molar-refractivity contribution < 1.29 is 4.74 Å². The predicted molar refractivity (Wildman–Crippen MR) is 78.6 cm³/mol. The Bertz CT molecular complexity index is 503. The predicted octanol–water partition coefficient (Wildman–Crippen LogP) is 3.83. The lowest BCUT2D eigenvalue weighted by Gasteiger charge is -2.15. The Kier molecular flexibility index (Phi) is 4.55. The maximum absolute atomic E-state index is 5.24. The van der Waals surface area contributed by atoms with Crippen molar-refractivity contribution in [3.63, 3.8) is 0 Å². The quantitative estimate of drug-likeness (QED) is 0.861. The molecule has 0 aliphatic rings. The normalized spacial score (nSPS) is 12.8. The van der Waals surface area contributed by atoms with E-state index in [-0.39, 0.29) is 0 Å². The summed E-state index contributed by atoms with van der Waals surface area (Å²) >= 11 is 1.71. The molecule has 2 aromatic rings. The molecule has 98 valence electrons. The van der Waals surface area contributed by atoms with Gasteiger partial charge in [-0.1, -0.05) is 36.8 Å². The number of nitrogens with one attached hydrogen (secondary N) is 1. The van der Waals surface area contributed by atoms with Crippen LogP contribution in [0.3, 0.4) is 0 Å². The van der Waals surface area contributed by atoms with Gasteiger partial charge in [0.25, 0.3) is 0 Å². The summed E-state index contributed by atoms with van der Waals surface area (Å²) in [6.45, 7) is 5.01. The number of aryl methyl sites for hydroxylation is 1. The van der Waals surface area contributed by atoms with Gasteiger partial charge in [0.1, 0.15) is 0 Å². The van der Waals surface area contributed by atoms with Crippen LogP contribution in [0.1, 0.15) is 25.3 Å². The molecule has 0 spiro atoms. The summed E-state index contributed by atoms with van der Waals surface area (Å²) < 4.78 is 6.48. The SMILES string of the molecule is CCCC(COC)Nc1nc2c(C)cccc2s1. The van der Waals surface area contributed by atoms with E-state index >= 15 is 0 Å². The highest BCUT2D eigenvalue weighted by Crippen LogP contribution is 2.28. The van der Waals surface area contributed by atoms with E-state index in [9.17, 15) is 0 Å². The second kappa shape index (κ2) is 6.16. The van der Waals surface area contributed by atoms with Crippen molar-refractivity contribution in [2.45, 2.75) is 32.7 Å². The minimum Gasteiger partial charge on any atom is -0.383 e. The second-order valence-electron chi connectivity index (χ2n) is 4.53. The first-order chi connectivity index (χ1) is 8.74. The summed E-state index contributed by atoms with van der Waals surface area (Å²) in [6, 6.07) is 6.65. The maximum atomic E-state index is 5.24. The fraction of sp³-hybridized carbons (Fsp3) is 0.500. The fourth-order valence-corrected chi connectivity index (χ4v) is 3.09. The molecule has 0 aliphatic carbocycles. The van der Waals surface area contributed by atoms with Crippen molar-refractivity contribution >= 4 is 26.7 Å². The lowest BCUT2D eigenvalue weighted by atomic mass is 10.2. The lowest BCUT2D eigenvalue weighted by molar-refractivity contribution is 0.182. The summed E-state index contributed by atoms with van der Waals surface area (Å²) in [4.78, 5) is 4.67. The van der Waals surface area contributed by atoms with Gasteiger partial charge in [0.05, 0.1) is 22.9 Å². The number of anilines is 1. The average molecular weight is 264 g/mol. The highest BCUT2D eigenvalue weighted by atomic mass is 32.1. The van der Waals surface area contributed by atoms with Crippen molar-refractivity contribution in [2.75, 3.05) is 19.0 Å². The molecule has 4 heteroatoms.